The number of ether oxygens (including phenoxy) is 1. The molecule has 0 unspecified atom stereocenters. The zero-order valence-electron chi connectivity index (χ0n) is 13.8. The summed E-state index contributed by atoms with van der Waals surface area (Å²) in [6, 6.07) is 0. The second-order valence-electron chi connectivity index (χ2n) is 6.51. The lowest BCUT2D eigenvalue weighted by atomic mass is 9.82. The molecule has 2 aliphatic carbocycles. The van der Waals surface area contributed by atoms with Crippen LogP contribution in [0.25, 0.3) is 0 Å². The summed E-state index contributed by atoms with van der Waals surface area (Å²) in [5.41, 5.74) is 0. The molecule has 0 aliphatic heterocycles. The highest BCUT2D eigenvalue weighted by atomic mass is 16.5. The number of aliphatic hydroxyl groups excluding tert-OH is 1. The Balaban J connectivity index is 0.000000231. The van der Waals surface area contributed by atoms with Gasteiger partial charge in [0.1, 0.15) is 6.29 Å². The maximum absolute atomic E-state index is 11.1. The number of methoxy groups -OCH3 is 1. The third kappa shape index (κ3) is 6.69. The Morgan fingerprint density at radius 2 is 1.52 bits per heavy atom. The highest BCUT2D eigenvalue weighted by Crippen LogP contribution is 2.28. The molecule has 132 valence electrons. The van der Waals surface area contributed by atoms with E-state index in [2.05, 4.69) is 4.74 Å². The van der Waals surface area contributed by atoms with Crippen LogP contribution in [0.4, 0.5) is 0 Å². The van der Waals surface area contributed by atoms with Crippen molar-refractivity contribution in [2.24, 2.45) is 23.7 Å². The SMILES string of the molecule is COC(=O)C1CCC(C=O)CC1.O=C(O)C1CCC(CO)CC1. The van der Waals surface area contributed by atoms with Gasteiger partial charge >= 0.3 is 11.9 Å². The molecule has 0 saturated heterocycles. The molecule has 0 heterocycles. The van der Waals surface area contributed by atoms with Gasteiger partial charge < -0.3 is 19.7 Å². The molecule has 2 rings (SSSR count). The molecule has 2 aliphatic rings. The smallest absolute Gasteiger partial charge is 0.308 e. The van der Waals surface area contributed by atoms with Crippen molar-refractivity contribution < 1.29 is 29.3 Å². The third-order valence-electron chi connectivity index (χ3n) is 4.95. The number of esters is 1. The van der Waals surface area contributed by atoms with E-state index >= 15 is 0 Å². The van der Waals surface area contributed by atoms with Crippen molar-refractivity contribution in [2.75, 3.05) is 13.7 Å². The number of carbonyl (C=O) groups excluding carboxylic acids is 2. The molecule has 0 aromatic rings. The first-order valence-corrected chi connectivity index (χ1v) is 8.38. The topological polar surface area (TPSA) is 101 Å². The van der Waals surface area contributed by atoms with Gasteiger partial charge in [0.25, 0.3) is 0 Å². The molecular formula is C17H28O6. The van der Waals surface area contributed by atoms with Crippen LogP contribution >= 0.6 is 0 Å². The van der Waals surface area contributed by atoms with E-state index in [0.717, 1.165) is 57.7 Å². The Labute approximate surface area is 137 Å². The Bertz CT molecular complexity index is 379. The first kappa shape index (κ1) is 19.6. The molecule has 6 heteroatoms. The summed E-state index contributed by atoms with van der Waals surface area (Å²) in [4.78, 5) is 31.9. The van der Waals surface area contributed by atoms with E-state index in [1.54, 1.807) is 0 Å². The fourth-order valence-corrected chi connectivity index (χ4v) is 3.25. The maximum atomic E-state index is 11.1. The van der Waals surface area contributed by atoms with E-state index in [1.807, 2.05) is 0 Å². The van der Waals surface area contributed by atoms with Gasteiger partial charge in [-0.15, -0.1) is 0 Å². The molecule has 6 nitrogen and oxygen atoms in total. The molecule has 0 amide bonds. The van der Waals surface area contributed by atoms with Gasteiger partial charge in [-0.25, -0.2) is 0 Å². The molecule has 0 radical (unpaired) electrons. The highest BCUT2D eigenvalue weighted by molar-refractivity contribution is 5.72. The molecule has 0 bridgehead atoms. The molecule has 0 aromatic heterocycles. The molecular weight excluding hydrogens is 300 g/mol. The van der Waals surface area contributed by atoms with Crippen molar-refractivity contribution in [3.63, 3.8) is 0 Å². The summed E-state index contributed by atoms with van der Waals surface area (Å²) in [6.45, 7) is 0.215. The summed E-state index contributed by atoms with van der Waals surface area (Å²) < 4.78 is 4.63. The molecule has 2 fully saturated rings. The van der Waals surface area contributed by atoms with Gasteiger partial charge in [0, 0.05) is 12.5 Å². The minimum Gasteiger partial charge on any atom is -0.481 e. The van der Waals surface area contributed by atoms with Crippen molar-refractivity contribution in [2.45, 2.75) is 51.4 Å². The number of carboxylic acid groups (broad SMARTS) is 1. The minimum absolute atomic E-state index is 0.0335. The molecule has 2 N–H and O–H groups in total. The van der Waals surface area contributed by atoms with Crippen molar-refractivity contribution in [1.82, 2.24) is 0 Å². The zero-order chi connectivity index (χ0) is 17.2. The lowest BCUT2D eigenvalue weighted by molar-refractivity contribution is -0.147. The first-order chi connectivity index (χ1) is 11.0. The number of hydrogen-bond donors (Lipinski definition) is 2. The number of carboxylic acids is 1. The minimum atomic E-state index is -0.679. The Morgan fingerprint density at radius 1 is 1.00 bits per heavy atom. The quantitative estimate of drug-likeness (QED) is 0.605. The molecule has 0 atom stereocenters. The van der Waals surface area contributed by atoms with Gasteiger partial charge in [0.15, 0.2) is 0 Å². The number of aliphatic hydroxyl groups is 1. The predicted molar refractivity (Wildman–Crippen MR) is 83.7 cm³/mol. The average Bonchev–Trinajstić information content (AvgIpc) is 2.61. The van der Waals surface area contributed by atoms with E-state index in [0.29, 0.717) is 5.92 Å². The molecule has 23 heavy (non-hydrogen) atoms. The number of rotatable bonds is 4. The fraction of sp³-hybridized carbons (Fsp3) is 0.824. The van der Waals surface area contributed by atoms with E-state index in [4.69, 9.17) is 10.2 Å². The summed E-state index contributed by atoms with van der Waals surface area (Å²) >= 11 is 0. The molecule has 2 saturated carbocycles. The zero-order valence-corrected chi connectivity index (χ0v) is 13.8. The summed E-state index contributed by atoms with van der Waals surface area (Å²) in [7, 11) is 1.41. The summed E-state index contributed by atoms with van der Waals surface area (Å²) in [6.07, 6.45) is 7.48. The second kappa shape index (κ2) is 10.4. The van der Waals surface area contributed by atoms with Crippen LogP contribution in [0.15, 0.2) is 0 Å². The van der Waals surface area contributed by atoms with Crippen LogP contribution in [0, 0.1) is 23.7 Å². The maximum Gasteiger partial charge on any atom is 0.308 e. The van der Waals surface area contributed by atoms with Gasteiger partial charge in [-0.3, -0.25) is 9.59 Å². The Hall–Kier alpha value is -1.43. The van der Waals surface area contributed by atoms with Crippen LogP contribution in [0.5, 0.6) is 0 Å². The van der Waals surface area contributed by atoms with Gasteiger partial charge in [0.05, 0.1) is 18.9 Å². The number of aldehydes is 1. The highest BCUT2D eigenvalue weighted by Gasteiger charge is 2.26. The van der Waals surface area contributed by atoms with Gasteiger partial charge in [-0.2, -0.15) is 0 Å². The van der Waals surface area contributed by atoms with Crippen molar-refractivity contribution in [3.05, 3.63) is 0 Å². The van der Waals surface area contributed by atoms with Gasteiger partial charge in [0.2, 0.25) is 0 Å². The predicted octanol–water partition coefficient (Wildman–Crippen LogP) is 2.03. The van der Waals surface area contributed by atoms with Crippen LogP contribution in [0.3, 0.4) is 0 Å². The monoisotopic (exact) mass is 328 g/mol. The normalized spacial score (nSPS) is 30.5. The second-order valence-corrected chi connectivity index (χ2v) is 6.51. The Kier molecular flexibility index (Phi) is 8.84. The van der Waals surface area contributed by atoms with E-state index in [9.17, 15) is 14.4 Å². The van der Waals surface area contributed by atoms with E-state index in [-0.39, 0.29) is 30.3 Å². The fourth-order valence-electron chi connectivity index (χ4n) is 3.25. The van der Waals surface area contributed by atoms with Gasteiger partial charge in [-0.05, 0) is 57.3 Å². The van der Waals surface area contributed by atoms with Crippen LogP contribution in [-0.4, -0.2) is 42.2 Å². The standard InChI is InChI=1S/C9H14O3.C8H14O3/c1-12-9(11)8-4-2-7(6-10)3-5-8;9-5-6-1-3-7(4-2-6)8(10)11/h6-8H,2-5H2,1H3;6-7,9H,1-5H2,(H,10,11). The average molecular weight is 328 g/mol. The first-order valence-electron chi connectivity index (χ1n) is 8.38. The third-order valence-corrected chi connectivity index (χ3v) is 4.95. The van der Waals surface area contributed by atoms with Gasteiger partial charge in [-0.1, -0.05) is 0 Å². The number of hydrogen-bond acceptors (Lipinski definition) is 5. The largest absolute Gasteiger partial charge is 0.481 e. The molecule has 0 aromatic carbocycles. The Morgan fingerprint density at radius 3 is 1.91 bits per heavy atom. The lowest BCUT2D eigenvalue weighted by Crippen LogP contribution is -2.23. The lowest BCUT2D eigenvalue weighted by Gasteiger charge is -2.24. The van der Waals surface area contributed by atoms with Crippen LogP contribution in [0.2, 0.25) is 0 Å². The summed E-state index contributed by atoms with van der Waals surface area (Å²) in [5.74, 6) is -0.402. The van der Waals surface area contributed by atoms with E-state index in [1.165, 1.54) is 7.11 Å². The van der Waals surface area contributed by atoms with Crippen molar-refractivity contribution in [1.29, 1.82) is 0 Å². The summed E-state index contributed by atoms with van der Waals surface area (Å²) in [5, 5.41) is 17.4. The van der Waals surface area contributed by atoms with Crippen LogP contribution in [-0.2, 0) is 19.1 Å². The van der Waals surface area contributed by atoms with E-state index < -0.39 is 5.97 Å². The van der Waals surface area contributed by atoms with Crippen LogP contribution < -0.4 is 0 Å². The number of carbonyl (C=O) groups is 3. The van der Waals surface area contributed by atoms with Crippen LogP contribution in [0.1, 0.15) is 51.4 Å². The molecule has 0 spiro atoms. The van der Waals surface area contributed by atoms with Crippen molar-refractivity contribution >= 4 is 18.2 Å². The van der Waals surface area contributed by atoms with Crippen molar-refractivity contribution in [3.8, 4) is 0 Å². The number of aliphatic carboxylic acids is 1.